The first-order valence-corrected chi connectivity index (χ1v) is 9.95. The number of nitrogens with zero attached hydrogens (tertiary/aromatic N) is 4. The minimum atomic E-state index is -4.39. The van der Waals surface area contributed by atoms with Crippen LogP contribution in [-0.2, 0) is 12.7 Å². The Morgan fingerprint density at radius 3 is 2.26 bits per heavy atom. The second-order valence-electron chi connectivity index (χ2n) is 7.17. The van der Waals surface area contributed by atoms with Gasteiger partial charge in [-0.2, -0.15) is 18.2 Å². The Morgan fingerprint density at radius 2 is 1.65 bits per heavy atom. The molecule has 1 saturated heterocycles. The maximum atomic E-state index is 12.7. The number of hydrogen-bond donors (Lipinski definition) is 0. The zero-order valence-electron chi connectivity index (χ0n) is 16.3. The number of amides is 1. The fraction of sp³-hybridized carbons (Fsp3) is 0.286. The molecule has 1 aliphatic rings. The molecule has 0 aliphatic carbocycles. The van der Waals surface area contributed by atoms with E-state index >= 15 is 0 Å². The van der Waals surface area contributed by atoms with E-state index in [0.717, 1.165) is 12.1 Å². The van der Waals surface area contributed by atoms with Gasteiger partial charge in [0.15, 0.2) is 5.82 Å². The molecule has 1 amide bonds. The molecule has 1 aliphatic heterocycles. The monoisotopic (exact) mass is 450 g/mol. The first-order valence-electron chi connectivity index (χ1n) is 9.57. The predicted molar refractivity (Wildman–Crippen MR) is 107 cm³/mol. The van der Waals surface area contributed by atoms with E-state index in [1.54, 1.807) is 29.2 Å². The van der Waals surface area contributed by atoms with Crippen molar-refractivity contribution in [1.82, 2.24) is 19.9 Å². The van der Waals surface area contributed by atoms with Gasteiger partial charge in [0.05, 0.1) is 12.1 Å². The maximum Gasteiger partial charge on any atom is 0.416 e. The molecule has 0 N–H and O–H groups in total. The molecular formula is C21H18ClF3N4O2. The first-order chi connectivity index (χ1) is 14.8. The highest BCUT2D eigenvalue weighted by Gasteiger charge is 2.30. The number of halogens is 4. The number of benzene rings is 2. The lowest BCUT2D eigenvalue weighted by Gasteiger charge is -2.34. The lowest BCUT2D eigenvalue weighted by molar-refractivity contribution is -0.137. The summed E-state index contributed by atoms with van der Waals surface area (Å²) in [5.41, 5.74) is 0.282. The molecule has 1 fully saturated rings. The maximum absolute atomic E-state index is 12.7. The molecule has 3 aromatic rings. The zero-order valence-corrected chi connectivity index (χ0v) is 17.0. The van der Waals surface area contributed by atoms with E-state index in [2.05, 4.69) is 15.0 Å². The van der Waals surface area contributed by atoms with E-state index in [1.165, 1.54) is 12.1 Å². The number of alkyl halides is 3. The summed E-state index contributed by atoms with van der Waals surface area (Å²) in [6.45, 7) is 2.83. The van der Waals surface area contributed by atoms with Crippen LogP contribution >= 0.6 is 11.6 Å². The van der Waals surface area contributed by atoms with Crippen molar-refractivity contribution in [3.05, 3.63) is 70.5 Å². The third kappa shape index (κ3) is 5.05. The van der Waals surface area contributed by atoms with E-state index in [-0.39, 0.29) is 11.8 Å². The van der Waals surface area contributed by atoms with Crippen molar-refractivity contribution in [2.75, 3.05) is 26.2 Å². The highest BCUT2D eigenvalue weighted by Crippen LogP contribution is 2.30. The normalized spacial score (nSPS) is 15.3. The van der Waals surface area contributed by atoms with Gasteiger partial charge in [-0.25, -0.2) is 0 Å². The Bertz CT molecular complexity index is 1040. The van der Waals surface area contributed by atoms with Crippen molar-refractivity contribution < 1.29 is 22.5 Å². The van der Waals surface area contributed by atoms with Crippen LogP contribution in [-0.4, -0.2) is 52.0 Å². The van der Waals surface area contributed by atoms with E-state index in [4.69, 9.17) is 16.1 Å². The van der Waals surface area contributed by atoms with Gasteiger partial charge in [0.2, 0.25) is 0 Å². The standard InChI is InChI=1S/C21H18ClF3N4O2/c22-17-7-3-15(4-8-17)20(30)29-11-9-28(10-12-29)13-18-26-19(31-27-18)14-1-5-16(6-2-14)21(23,24)25/h1-8H,9-13H2. The molecule has 4 rings (SSSR count). The third-order valence-electron chi connectivity index (χ3n) is 5.04. The van der Waals surface area contributed by atoms with E-state index in [0.29, 0.717) is 54.7 Å². The summed E-state index contributed by atoms with van der Waals surface area (Å²) in [6, 6.07) is 11.4. The molecule has 0 unspecified atom stereocenters. The van der Waals surface area contributed by atoms with Gasteiger partial charge >= 0.3 is 6.18 Å². The lowest BCUT2D eigenvalue weighted by atomic mass is 10.1. The van der Waals surface area contributed by atoms with Gasteiger partial charge in [0.1, 0.15) is 0 Å². The summed E-state index contributed by atoms with van der Waals surface area (Å²) >= 11 is 5.87. The van der Waals surface area contributed by atoms with Crippen LogP contribution in [0.3, 0.4) is 0 Å². The molecule has 31 heavy (non-hydrogen) atoms. The first kappa shape index (κ1) is 21.3. The summed E-state index contributed by atoms with van der Waals surface area (Å²) in [7, 11) is 0. The van der Waals surface area contributed by atoms with Crippen LogP contribution in [0.1, 0.15) is 21.7 Å². The topological polar surface area (TPSA) is 62.5 Å². The Labute approximate surface area is 181 Å². The van der Waals surface area contributed by atoms with Gasteiger partial charge < -0.3 is 9.42 Å². The van der Waals surface area contributed by atoms with Crippen LogP contribution in [0.2, 0.25) is 5.02 Å². The molecule has 0 saturated carbocycles. The summed E-state index contributed by atoms with van der Waals surface area (Å²) in [4.78, 5) is 20.7. The molecule has 6 nitrogen and oxygen atoms in total. The Hall–Kier alpha value is -2.91. The van der Waals surface area contributed by atoms with Gasteiger partial charge in [0, 0.05) is 42.3 Å². The van der Waals surface area contributed by atoms with Crippen molar-refractivity contribution in [2.24, 2.45) is 0 Å². The number of rotatable bonds is 4. The average Bonchev–Trinajstić information content (AvgIpc) is 3.22. The van der Waals surface area contributed by atoms with Crippen LogP contribution in [0.5, 0.6) is 0 Å². The molecule has 1 aromatic heterocycles. The quantitative estimate of drug-likeness (QED) is 0.590. The van der Waals surface area contributed by atoms with E-state index < -0.39 is 11.7 Å². The Balaban J connectivity index is 1.33. The van der Waals surface area contributed by atoms with Gasteiger partial charge in [-0.05, 0) is 48.5 Å². The molecule has 10 heteroatoms. The summed E-state index contributed by atoms with van der Waals surface area (Å²) in [5, 5.41) is 4.51. The highest BCUT2D eigenvalue weighted by atomic mass is 35.5. The Kier molecular flexibility index (Phi) is 5.97. The van der Waals surface area contributed by atoms with Crippen molar-refractivity contribution in [2.45, 2.75) is 12.7 Å². The van der Waals surface area contributed by atoms with Crippen molar-refractivity contribution in [3.8, 4) is 11.5 Å². The van der Waals surface area contributed by atoms with Crippen LogP contribution in [0.4, 0.5) is 13.2 Å². The predicted octanol–water partition coefficient (Wildman–Crippen LogP) is 4.37. The number of aromatic nitrogens is 2. The molecule has 0 spiro atoms. The van der Waals surface area contributed by atoms with E-state index in [9.17, 15) is 18.0 Å². The van der Waals surface area contributed by atoms with Crippen LogP contribution < -0.4 is 0 Å². The second kappa shape index (κ2) is 8.68. The molecule has 0 atom stereocenters. The number of hydrogen-bond acceptors (Lipinski definition) is 5. The summed E-state index contributed by atoms with van der Waals surface area (Å²) in [6.07, 6.45) is -4.39. The van der Waals surface area contributed by atoms with Gasteiger partial charge in [-0.3, -0.25) is 9.69 Å². The smallest absolute Gasteiger partial charge is 0.336 e. The molecule has 162 valence electrons. The average molecular weight is 451 g/mol. The number of carbonyl (C=O) groups is 1. The van der Waals surface area contributed by atoms with Gasteiger partial charge in [-0.1, -0.05) is 16.8 Å². The molecule has 2 aromatic carbocycles. The van der Waals surface area contributed by atoms with Gasteiger partial charge in [0.25, 0.3) is 11.8 Å². The summed E-state index contributed by atoms with van der Waals surface area (Å²) in [5.74, 6) is 0.563. The third-order valence-corrected chi connectivity index (χ3v) is 5.29. The number of carbonyl (C=O) groups excluding carboxylic acids is 1. The zero-order chi connectivity index (χ0) is 22.0. The molecule has 2 heterocycles. The minimum absolute atomic E-state index is 0.0412. The minimum Gasteiger partial charge on any atom is -0.336 e. The highest BCUT2D eigenvalue weighted by molar-refractivity contribution is 6.30. The SMILES string of the molecule is O=C(c1ccc(Cl)cc1)N1CCN(Cc2noc(-c3ccc(C(F)(F)F)cc3)n2)CC1. The van der Waals surface area contributed by atoms with Crippen molar-refractivity contribution >= 4 is 17.5 Å². The fourth-order valence-corrected chi connectivity index (χ4v) is 3.45. The molecule has 0 radical (unpaired) electrons. The van der Waals surface area contributed by atoms with E-state index in [1.807, 2.05) is 0 Å². The molecular weight excluding hydrogens is 433 g/mol. The molecule has 0 bridgehead atoms. The van der Waals surface area contributed by atoms with Crippen molar-refractivity contribution in [1.29, 1.82) is 0 Å². The van der Waals surface area contributed by atoms with Crippen LogP contribution in [0, 0.1) is 0 Å². The summed E-state index contributed by atoms with van der Waals surface area (Å²) < 4.78 is 43.3. The van der Waals surface area contributed by atoms with Crippen LogP contribution in [0.15, 0.2) is 53.1 Å². The Morgan fingerprint density at radius 1 is 1.00 bits per heavy atom. The second-order valence-corrected chi connectivity index (χ2v) is 7.60. The lowest BCUT2D eigenvalue weighted by Crippen LogP contribution is -2.48. The largest absolute Gasteiger partial charge is 0.416 e. The van der Waals surface area contributed by atoms with Crippen molar-refractivity contribution in [3.63, 3.8) is 0 Å². The van der Waals surface area contributed by atoms with Crippen LogP contribution in [0.25, 0.3) is 11.5 Å². The fourth-order valence-electron chi connectivity index (χ4n) is 3.32. The van der Waals surface area contributed by atoms with Gasteiger partial charge in [-0.15, -0.1) is 0 Å². The number of piperazine rings is 1.